The molecule has 138 valence electrons. The van der Waals surface area contributed by atoms with Gasteiger partial charge in [-0.2, -0.15) is 11.8 Å². The quantitative estimate of drug-likeness (QED) is 0.694. The molecule has 2 N–H and O–H groups in total. The van der Waals surface area contributed by atoms with E-state index in [4.69, 9.17) is 23.2 Å². The molecule has 2 amide bonds. The average Bonchev–Trinajstić information content (AvgIpc) is 2.61. The summed E-state index contributed by atoms with van der Waals surface area (Å²) in [4.78, 5) is 25.0. The van der Waals surface area contributed by atoms with Crippen molar-refractivity contribution in [3.63, 3.8) is 0 Å². The van der Waals surface area contributed by atoms with E-state index in [1.54, 1.807) is 36.0 Å². The monoisotopic (exact) mass is 414 g/mol. The molecule has 0 radical (unpaired) electrons. The second-order valence-corrected chi connectivity index (χ2v) is 7.21. The smallest absolute Gasteiger partial charge is 0.253 e. The molecule has 26 heavy (non-hydrogen) atoms. The van der Waals surface area contributed by atoms with Crippen LogP contribution in [-0.2, 0) is 4.79 Å². The zero-order valence-corrected chi connectivity index (χ0v) is 16.2. The van der Waals surface area contributed by atoms with Crippen LogP contribution < -0.4 is 10.6 Å². The molecule has 8 heteroatoms. The molecule has 0 fully saturated rings. The van der Waals surface area contributed by atoms with Crippen molar-refractivity contribution < 1.29 is 14.0 Å². The van der Waals surface area contributed by atoms with E-state index >= 15 is 0 Å². The largest absolute Gasteiger partial charge is 0.340 e. The number of nitrogens with one attached hydrogen (secondary N) is 2. The Hall–Kier alpha value is -1.76. The molecule has 0 aliphatic carbocycles. The third-order valence-electron chi connectivity index (χ3n) is 3.54. The predicted octanol–water partition coefficient (Wildman–Crippen LogP) is 4.62. The first kappa shape index (κ1) is 20.6. The lowest BCUT2D eigenvalue weighted by molar-refractivity contribution is -0.118. The van der Waals surface area contributed by atoms with E-state index in [-0.39, 0.29) is 5.02 Å². The van der Waals surface area contributed by atoms with E-state index in [0.29, 0.717) is 28.4 Å². The Labute approximate surface area is 165 Å². The Kier molecular flexibility index (Phi) is 7.75. The summed E-state index contributed by atoms with van der Waals surface area (Å²) in [6, 6.07) is 9.71. The van der Waals surface area contributed by atoms with E-state index in [1.807, 2.05) is 6.26 Å². The number of halogens is 3. The number of hydrogen-bond acceptors (Lipinski definition) is 3. The maximum atomic E-state index is 13.2. The van der Waals surface area contributed by atoms with Crippen LogP contribution in [0.4, 0.5) is 10.1 Å². The van der Waals surface area contributed by atoms with Crippen molar-refractivity contribution in [1.82, 2.24) is 5.32 Å². The summed E-state index contributed by atoms with van der Waals surface area (Å²) in [6.07, 6.45) is 2.34. The van der Waals surface area contributed by atoms with Gasteiger partial charge < -0.3 is 10.6 Å². The van der Waals surface area contributed by atoms with Gasteiger partial charge >= 0.3 is 0 Å². The summed E-state index contributed by atoms with van der Waals surface area (Å²) >= 11 is 13.3. The van der Waals surface area contributed by atoms with E-state index < -0.39 is 23.7 Å². The molecule has 1 atom stereocenters. The van der Waals surface area contributed by atoms with Gasteiger partial charge in [-0.25, -0.2) is 4.39 Å². The molecule has 0 bridgehead atoms. The fourth-order valence-corrected chi connectivity index (χ4v) is 3.06. The van der Waals surface area contributed by atoms with Crippen molar-refractivity contribution in [3.05, 3.63) is 63.9 Å². The van der Waals surface area contributed by atoms with Crippen molar-refractivity contribution in [3.8, 4) is 0 Å². The van der Waals surface area contributed by atoms with Gasteiger partial charge in [0, 0.05) is 5.69 Å². The molecular formula is C18H17Cl2FN2O2S. The van der Waals surface area contributed by atoms with Crippen LogP contribution in [0, 0.1) is 5.82 Å². The first-order valence-corrected chi connectivity index (χ1v) is 9.87. The van der Waals surface area contributed by atoms with Gasteiger partial charge in [-0.05, 0) is 48.8 Å². The number of carbonyl (C=O) groups excluding carboxylic acids is 2. The van der Waals surface area contributed by atoms with Gasteiger partial charge in [0.1, 0.15) is 11.9 Å². The van der Waals surface area contributed by atoms with Crippen molar-refractivity contribution in [1.29, 1.82) is 0 Å². The summed E-state index contributed by atoms with van der Waals surface area (Å²) < 4.78 is 13.2. The Balaban J connectivity index is 2.12. The summed E-state index contributed by atoms with van der Waals surface area (Å²) in [5, 5.41) is 5.55. The number of thioether (sulfide) groups is 1. The van der Waals surface area contributed by atoms with E-state index in [0.717, 1.165) is 6.07 Å². The topological polar surface area (TPSA) is 58.2 Å². The minimum Gasteiger partial charge on any atom is -0.340 e. The normalized spacial score (nSPS) is 11.7. The maximum Gasteiger partial charge on any atom is 0.253 e. The molecule has 0 aromatic heterocycles. The van der Waals surface area contributed by atoms with Gasteiger partial charge in [-0.15, -0.1) is 0 Å². The fourth-order valence-electron chi connectivity index (χ4n) is 2.19. The van der Waals surface area contributed by atoms with Crippen molar-refractivity contribution in [2.45, 2.75) is 12.5 Å². The molecular weight excluding hydrogens is 398 g/mol. The summed E-state index contributed by atoms with van der Waals surface area (Å²) in [5.41, 5.74) is 0.642. The Bertz CT molecular complexity index is 805. The van der Waals surface area contributed by atoms with E-state index in [1.165, 1.54) is 12.1 Å². The standard InChI is InChI=1S/C18H17Cl2FN2O2S/c1-26-9-8-16(23-17(24)12-4-2-3-5-13(12)19)18(25)22-11-6-7-15(21)14(20)10-11/h2-7,10,16H,8-9H2,1H3,(H,22,25)(H,23,24)/t16-/m0/s1. The van der Waals surface area contributed by atoms with Gasteiger partial charge in [-0.3, -0.25) is 9.59 Å². The fraction of sp³-hybridized carbons (Fsp3) is 0.222. The number of carbonyl (C=O) groups is 2. The highest BCUT2D eigenvalue weighted by Gasteiger charge is 2.22. The second kappa shape index (κ2) is 9.80. The third kappa shape index (κ3) is 5.62. The van der Waals surface area contributed by atoms with Crippen LogP contribution in [0.3, 0.4) is 0 Å². The molecule has 0 spiro atoms. The maximum absolute atomic E-state index is 13.2. The number of anilines is 1. The SMILES string of the molecule is CSCC[C@H](NC(=O)c1ccccc1Cl)C(=O)Nc1ccc(F)c(Cl)c1. The second-order valence-electron chi connectivity index (χ2n) is 5.41. The number of rotatable bonds is 7. The van der Waals surface area contributed by atoms with Crippen LogP contribution in [0.1, 0.15) is 16.8 Å². The van der Waals surface area contributed by atoms with Gasteiger partial charge in [0.25, 0.3) is 5.91 Å². The zero-order chi connectivity index (χ0) is 19.1. The van der Waals surface area contributed by atoms with Crippen LogP contribution in [0.2, 0.25) is 10.0 Å². The van der Waals surface area contributed by atoms with Gasteiger partial charge in [0.15, 0.2) is 0 Å². The lowest BCUT2D eigenvalue weighted by atomic mass is 10.1. The molecule has 0 unspecified atom stereocenters. The van der Waals surface area contributed by atoms with Gasteiger partial charge in [-0.1, -0.05) is 35.3 Å². The minimum atomic E-state index is -0.768. The number of benzene rings is 2. The van der Waals surface area contributed by atoms with Crippen LogP contribution >= 0.6 is 35.0 Å². The Morgan fingerprint density at radius 2 is 1.88 bits per heavy atom. The highest BCUT2D eigenvalue weighted by molar-refractivity contribution is 7.98. The van der Waals surface area contributed by atoms with Crippen LogP contribution in [0.5, 0.6) is 0 Å². The minimum absolute atomic E-state index is 0.0939. The molecule has 0 aliphatic heterocycles. The number of amides is 2. The third-order valence-corrected chi connectivity index (χ3v) is 4.80. The predicted molar refractivity (Wildman–Crippen MR) is 106 cm³/mol. The average molecular weight is 415 g/mol. The van der Waals surface area contributed by atoms with Crippen molar-refractivity contribution >= 4 is 52.5 Å². The lowest BCUT2D eigenvalue weighted by Crippen LogP contribution is -2.44. The molecule has 0 aliphatic rings. The molecule has 0 heterocycles. The van der Waals surface area contributed by atoms with Gasteiger partial charge in [0.2, 0.25) is 5.91 Å². The van der Waals surface area contributed by atoms with Gasteiger partial charge in [0.05, 0.1) is 15.6 Å². The van der Waals surface area contributed by atoms with Crippen LogP contribution in [0.15, 0.2) is 42.5 Å². The first-order valence-electron chi connectivity index (χ1n) is 7.72. The Morgan fingerprint density at radius 3 is 2.54 bits per heavy atom. The molecule has 2 aromatic rings. The molecule has 0 saturated heterocycles. The van der Waals surface area contributed by atoms with E-state index in [9.17, 15) is 14.0 Å². The lowest BCUT2D eigenvalue weighted by Gasteiger charge is -2.18. The van der Waals surface area contributed by atoms with Crippen LogP contribution in [0.25, 0.3) is 0 Å². The van der Waals surface area contributed by atoms with Crippen LogP contribution in [-0.4, -0.2) is 29.9 Å². The molecule has 2 rings (SSSR count). The molecule has 4 nitrogen and oxygen atoms in total. The van der Waals surface area contributed by atoms with Crippen molar-refractivity contribution in [2.24, 2.45) is 0 Å². The summed E-state index contributed by atoms with van der Waals surface area (Å²) in [6.45, 7) is 0. The zero-order valence-electron chi connectivity index (χ0n) is 13.9. The highest BCUT2D eigenvalue weighted by Crippen LogP contribution is 2.20. The summed E-state index contributed by atoms with van der Waals surface area (Å²) in [5.74, 6) is -0.753. The number of hydrogen-bond donors (Lipinski definition) is 2. The molecule has 2 aromatic carbocycles. The molecule has 0 saturated carbocycles. The highest BCUT2D eigenvalue weighted by atomic mass is 35.5. The first-order chi connectivity index (χ1) is 12.4. The van der Waals surface area contributed by atoms with Crippen molar-refractivity contribution in [2.75, 3.05) is 17.3 Å². The summed E-state index contributed by atoms with van der Waals surface area (Å²) in [7, 11) is 0. The Morgan fingerprint density at radius 1 is 1.15 bits per heavy atom. The van der Waals surface area contributed by atoms with E-state index in [2.05, 4.69) is 10.6 Å².